The lowest BCUT2D eigenvalue weighted by atomic mass is 9.88. The Kier molecular flexibility index (Phi) is 12.5. The van der Waals surface area contributed by atoms with Crippen LogP contribution in [0.3, 0.4) is 0 Å². The largest absolute Gasteiger partial charge is 0.612 e. The Bertz CT molecular complexity index is 1860. The molecule has 256 valence electrons. The Morgan fingerprint density at radius 2 is 1.84 bits per heavy atom. The summed E-state index contributed by atoms with van der Waals surface area (Å²) in [6, 6.07) is 24.4. The van der Waals surface area contributed by atoms with Crippen LogP contribution in [0.2, 0.25) is 10.0 Å². The topological polar surface area (TPSA) is 123 Å². The molecule has 2 N–H and O–H groups in total. The molecule has 0 aliphatic carbocycles. The van der Waals surface area contributed by atoms with Crippen LogP contribution in [0.1, 0.15) is 64.6 Å². The van der Waals surface area contributed by atoms with Crippen LogP contribution in [-0.2, 0) is 16.0 Å². The third-order valence-electron chi connectivity index (χ3n) is 9.34. The fourth-order valence-corrected chi connectivity index (χ4v) is 7.83. The smallest absolute Gasteiger partial charge is 0.254 e. The normalized spacial score (nSPS) is 15.0. The number of benzene rings is 4. The Hall–Kier alpha value is -3.78. The molecule has 0 aromatic heterocycles. The first kappa shape index (κ1) is 36.5. The summed E-state index contributed by atoms with van der Waals surface area (Å²) in [5, 5.41) is 12.1. The number of hydrogen-bond donors (Lipinski definition) is 1. The number of hydrogen-bond acceptors (Lipinski definition) is 6. The molecule has 8 nitrogen and oxygen atoms in total. The number of fused-ring (bicyclic) bond motifs is 1. The van der Waals surface area contributed by atoms with E-state index < -0.39 is 17.1 Å². The molecule has 4 aromatic carbocycles. The molecule has 1 aliphatic heterocycles. The Labute approximate surface area is 300 Å². The van der Waals surface area contributed by atoms with E-state index in [1.165, 1.54) is 0 Å². The van der Waals surface area contributed by atoms with Gasteiger partial charge in [-0.3, -0.25) is 9.59 Å². The molecular formula is C38H40Cl2N4O4S. The zero-order valence-corrected chi connectivity index (χ0v) is 30.0. The maximum Gasteiger partial charge on any atom is 0.254 e. The molecule has 1 aliphatic rings. The summed E-state index contributed by atoms with van der Waals surface area (Å²) < 4.78 is 17.9. The lowest BCUT2D eigenvalue weighted by Gasteiger charge is -2.34. The van der Waals surface area contributed by atoms with E-state index in [2.05, 4.69) is 11.0 Å². The lowest BCUT2D eigenvalue weighted by Crippen LogP contribution is -2.39. The van der Waals surface area contributed by atoms with Crippen molar-refractivity contribution in [3.63, 3.8) is 0 Å². The zero-order valence-electron chi connectivity index (χ0n) is 27.7. The van der Waals surface area contributed by atoms with Gasteiger partial charge in [-0.2, -0.15) is 5.26 Å². The first-order valence-corrected chi connectivity index (χ1v) is 18.6. The van der Waals surface area contributed by atoms with Gasteiger partial charge in [-0.25, -0.2) is 0 Å². The van der Waals surface area contributed by atoms with Crippen LogP contribution in [0, 0.1) is 11.3 Å². The maximum absolute atomic E-state index is 14.3. The van der Waals surface area contributed by atoms with E-state index in [1.54, 1.807) is 36.5 Å². The third kappa shape index (κ3) is 9.07. The molecule has 0 bridgehead atoms. The van der Waals surface area contributed by atoms with Gasteiger partial charge in [0, 0.05) is 42.6 Å². The van der Waals surface area contributed by atoms with E-state index in [-0.39, 0.29) is 24.8 Å². The van der Waals surface area contributed by atoms with Crippen molar-refractivity contribution in [1.82, 2.24) is 9.80 Å². The van der Waals surface area contributed by atoms with Gasteiger partial charge in [0.1, 0.15) is 12.0 Å². The van der Waals surface area contributed by atoms with Crippen molar-refractivity contribution in [3.05, 3.63) is 105 Å². The van der Waals surface area contributed by atoms with Gasteiger partial charge in [0.2, 0.25) is 5.91 Å². The predicted octanol–water partition coefficient (Wildman–Crippen LogP) is 7.14. The highest BCUT2D eigenvalue weighted by Gasteiger charge is 2.28. The zero-order chi connectivity index (χ0) is 35.1. The number of rotatable bonds is 13. The molecule has 1 fully saturated rings. The van der Waals surface area contributed by atoms with Crippen molar-refractivity contribution in [2.45, 2.75) is 42.4 Å². The summed E-state index contributed by atoms with van der Waals surface area (Å²) in [4.78, 5) is 31.2. The first-order valence-electron chi connectivity index (χ1n) is 16.3. The van der Waals surface area contributed by atoms with Crippen molar-refractivity contribution in [1.29, 1.82) is 5.26 Å². The van der Waals surface area contributed by atoms with Crippen molar-refractivity contribution < 1.29 is 18.9 Å². The summed E-state index contributed by atoms with van der Waals surface area (Å²) >= 11 is 11.7. The standard InChI is InChI=1S/C38H40Cl2N4O4S/c1-48-30-8-9-32(36(22-30)49(2)47)26-11-15-43(16-12-26)17-13-29(27-7-10-34(39)35(40)21-27)24-44(18-14-37(42)45)38(46)33-20-25(23-41)19-28-5-3-4-6-31(28)33/h3-10,19-22,26,29H,11-18,24H2,1-2H3,(H2,42,45)/t29-,49+/m1/s1. The highest BCUT2D eigenvalue weighted by Crippen LogP contribution is 2.36. The first-order chi connectivity index (χ1) is 23.6. The van der Waals surface area contributed by atoms with Crippen molar-refractivity contribution >= 4 is 57.0 Å². The molecule has 2 atom stereocenters. The minimum Gasteiger partial charge on any atom is -0.612 e. The van der Waals surface area contributed by atoms with Crippen molar-refractivity contribution in [2.24, 2.45) is 5.73 Å². The lowest BCUT2D eigenvalue weighted by molar-refractivity contribution is -0.118. The number of nitrogens with zero attached hydrogens (tertiary/aromatic N) is 3. The van der Waals surface area contributed by atoms with Crippen LogP contribution in [0.4, 0.5) is 0 Å². The maximum atomic E-state index is 14.3. The van der Waals surface area contributed by atoms with Crippen molar-refractivity contribution in [2.75, 3.05) is 46.1 Å². The molecular weight excluding hydrogens is 679 g/mol. The molecule has 0 saturated carbocycles. The van der Waals surface area contributed by atoms with E-state index in [9.17, 15) is 19.4 Å². The van der Waals surface area contributed by atoms with Gasteiger partial charge in [0.05, 0.1) is 28.8 Å². The summed E-state index contributed by atoms with van der Waals surface area (Å²) in [5.41, 5.74) is 8.40. The van der Waals surface area contributed by atoms with Crippen LogP contribution in [0.25, 0.3) is 10.8 Å². The fraction of sp³-hybridized carbons (Fsp3) is 0.342. The highest BCUT2D eigenvalue weighted by molar-refractivity contribution is 7.90. The Morgan fingerprint density at radius 1 is 1.08 bits per heavy atom. The van der Waals surface area contributed by atoms with Gasteiger partial charge in [0.25, 0.3) is 5.91 Å². The summed E-state index contributed by atoms with van der Waals surface area (Å²) in [6.45, 7) is 2.96. The van der Waals surface area contributed by atoms with Crippen LogP contribution < -0.4 is 10.5 Å². The van der Waals surface area contributed by atoms with Gasteiger partial charge in [-0.1, -0.05) is 59.6 Å². The SMILES string of the molecule is COc1ccc(C2CCN(CC[C@H](CN(CCC(N)=O)C(=O)c3cc(C#N)cc4ccccc34)c3ccc(Cl)c(Cl)c3)CC2)c([S@+](C)[O-])c1. The monoisotopic (exact) mass is 718 g/mol. The van der Waals surface area contributed by atoms with Crippen LogP contribution >= 0.6 is 23.2 Å². The van der Waals surface area contributed by atoms with Crippen LogP contribution in [0.5, 0.6) is 5.75 Å². The number of methoxy groups -OCH3 is 1. The van der Waals surface area contributed by atoms with Gasteiger partial charge in [0.15, 0.2) is 4.90 Å². The Morgan fingerprint density at radius 3 is 2.51 bits per heavy atom. The molecule has 0 unspecified atom stereocenters. The van der Waals surface area contributed by atoms with E-state index in [4.69, 9.17) is 33.7 Å². The number of carbonyl (C=O) groups is 2. The minimum absolute atomic E-state index is 0.000875. The molecule has 1 saturated heterocycles. The van der Waals surface area contributed by atoms with Gasteiger partial charge in [-0.15, -0.1) is 0 Å². The number of nitriles is 1. The summed E-state index contributed by atoms with van der Waals surface area (Å²) in [6.07, 6.45) is 4.28. The fourth-order valence-electron chi connectivity index (χ4n) is 6.67. The molecule has 0 spiro atoms. The van der Waals surface area contributed by atoms with Gasteiger partial charge >= 0.3 is 0 Å². The Balaban J connectivity index is 1.37. The van der Waals surface area contributed by atoms with E-state index >= 15 is 0 Å². The molecule has 11 heteroatoms. The number of primary amides is 1. The predicted molar refractivity (Wildman–Crippen MR) is 196 cm³/mol. The summed E-state index contributed by atoms with van der Waals surface area (Å²) in [7, 11) is 1.61. The molecule has 0 radical (unpaired) electrons. The number of nitrogens with two attached hydrogens (primary N) is 1. The van der Waals surface area contributed by atoms with E-state index in [0.717, 1.165) is 59.3 Å². The quantitative estimate of drug-likeness (QED) is 0.147. The van der Waals surface area contributed by atoms with E-state index in [1.807, 2.05) is 54.6 Å². The second-order valence-electron chi connectivity index (χ2n) is 12.5. The number of piperidine rings is 1. The third-order valence-corrected chi connectivity index (χ3v) is 11.1. The average Bonchev–Trinajstić information content (AvgIpc) is 3.11. The highest BCUT2D eigenvalue weighted by atomic mass is 35.5. The second-order valence-corrected chi connectivity index (χ2v) is 14.6. The van der Waals surface area contributed by atoms with Crippen LogP contribution in [-0.4, -0.2) is 72.3 Å². The van der Waals surface area contributed by atoms with Gasteiger partial charge < -0.3 is 24.8 Å². The molecule has 4 aromatic rings. The molecule has 2 amide bonds. The number of amides is 2. The average molecular weight is 720 g/mol. The number of likely N-dealkylation sites (tertiary alicyclic amines) is 1. The summed E-state index contributed by atoms with van der Waals surface area (Å²) in [5.74, 6) is 0.0886. The molecule has 1 heterocycles. The van der Waals surface area contributed by atoms with E-state index in [0.29, 0.717) is 45.8 Å². The minimum atomic E-state index is -1.13. The van der Waals surface area contributed by atoms with Gasteiger partial charge in [-0.05, 0) is 103 Å². The number of halogens is 2. The van der Waals surface area contributed by atoms with Crippen LogP contribution in [0.15, 0.2) is 77.7 Å². The number of carbonyl (C=O) groups excluding carboxylic acids is 2. The second kappa shape index (κ2) is 16.8. The molecule has 49 heavy (non-hydrogen) atoms. The molecule has 5 rings (SSSR count). The van der Waals surface area contributed by atoms with Crippen molar-refractivity contribution in [3.8, 4) is 11.8 Å². The number of ether oxygens (including phenoxy) is 1.